The molecule has 14 heteroatoms. The fraction of sp³-hybridized carbons (Fsp3) is 0.380. The van der Waals surface area contributed by atoms with Gasteiger partial charge in [0, 0.05) is 5.92 Å². The molecule has 15 atom stereocenters. The monoisotopic (exact) mass is 1160 g/mol. The SMILES string of the molecule is C=CCO[C@@H]1O[C@@H](C)[C@H](OCc2ccccc2)[C@@H](COCc2ccccc2)[C@H]1O[C@@H]1O[C@@H](C)[C@H](OCc2ccccc2)[C@@H](O[C@@H]2O[C@@H](COCc3ccccc3)[C@H](OCc3ccccc3)[C@@H](OCc3ccccc3)[C@H]2OCc2ccccc2)[C@H]1O. The smallest absolute Gasteiger partial charge is 0.187 e. The molecule has 0 saturated carbocycles. The van der Waals surface area contributed by atoms with Crippen LogP contribution in [0.15, 0.2) is 225 Å². The van der Waals surface area contributed by atoms with E-state index in [1.807, 2.05) is 226 Å². The highest BCUT2D eigenvalue weighted by molar-refractivity contribution is 5.19. The first-order chi connectivity index (χ1) is 41.9. The average Bonchev–Trinajstić information content (AvgIpc) is 3.73. The molecule has 0 spiro atoms. The van der Waals surface area contributed by atoms with Gasteiger partial charge in [0.05, 0.1) is 84.4 Å². The number of rotatable bonds is 30. The second-order valence-electron chi connectivity index (χ2n) is 21.7. The van der Waals surface area contributed by atoms with Crippen molar-refractivity contribution in [3.8, 4) is 0 Å². The van der Waals surface area contributed by atoms with Gasteiger partial charge in [-0.3, -0.25) is 0 Å². The Morgan fingerprint density at radius 1 is 0.353 bits per heavy atom. The summed E-state index contributed by atoms with van der Waals surface area (Å²) in [4.78, 5) is 0. The summed E-state index contributed by atoms with van der Waals surface area (Å²) in [6.45, 7) is 9.96. The van der Waals surface area contributed by atoms with E-state index >= 15 is 0 Å². The minimum Gasteiger partial charge on any atom is -0.385 e. The Balaban J connectivity index is 1.01. The first-order valence-electron chi connectivity index (χ1n) is 29.6. The predicted octanol–water partition coefficient (Wildman–Crippen LogP) is 11.5. The fourth-order valence-electron chi connectivity index (χ4n) is 11.1. The summed E-state index contributed by atoms with van der Waals surface area (Å²) in [6.07, 6.45) is -11.5. The molecule has 0 radical (unpaired) electrons. The Labute approximate surface area is 500 Å². The van der Waals surface area contributed by atoms with E-state index in [2.05, 4.69) is 6.58 Å². The van der Waals surface area contributed by atoms with E-state index in [1.165, 1.54) is 0 Å². The summed E-state index contributed by atoms with van der Waals surface area (Å²) in [5.74, 6) is -0.507. The summed E-state index contributed by atoms with van der Waals surface area (Å²) in [5.41, 5.74) is 6.73. The number of aliphatic hydroxyl groups excluding tert-OH is 1. The third-order valence-corrected chi connectivity index (χ3v) is 15.5. The molecule has 0 unspecified atom stereocenters. The molecule has 3 saturated heterocycles. The van der Waals surface area contributed by atoms with Gasteiger partial charge >= 0.3 is 0 Å². The van der Waals surface area contributed by atoms with Crippen molar-refractivity contribution in [2.75, 3.05) is 19.8 Å². The van der Waals surface area contributed by atoms with Crippen LogP contribution in [0.1, 0.15) is 52.8 Å². The molecule has 0 aromatic heterocycles. The molecular weight excluding hydrogens is 1080 g/mol. The van der Waals surface area contributed by atoms with E-state index in [0.29, 0.717) is 19.8 Å². The summed E-state index contributed by atoms with van der Waals surface area (Å²) in [5, 5.41) is 13.2. The van der Waals surface area contributed by atoms with Crippen molar-refractivity contribution >= 4 is 0 Å². The van der Waals surface area contributed by atoms with Crippen molar-refractivity contribution in [3.63, 3.8) is 0 Å². The Bertz CT molecular complexity index is 2950. The Kier molecular flexibility index (Phi) is 23.6. The molecule has 3 heterocycles. The van der Waals surface area contributed by atoms with Crippen molar-refractivity contribution in [2.45, 2.75) is 146 Å². The van der Waals surface area contributed by atoms with Gasteiger partial charge in [-0.1, -0.05) is 218 Å². The maximum absolute atomic E-state index is 13.2. The maximum atomic E-state index is 13.2. The van der Waals surface area contributed by atoms with Crippen LogP contribution >= 0.6 is 0 Å². The summed E-state index contributed by atoms with van der Waals surface area (Å²) in [7, 11) is 0. The molecule has 3 fully saturated rings. The number of hydrogen-bond acceptors (Lipinski definition) is 14. The highest BCUT2D eigenvalue weighted by Crippen LogP contribution is 2.39. The second kappa shape index (κ2) is 32.5. The topological polar surface area (TPSA) is 140 Å². The zero-order valence-corrected chi connectivity index (χ0v) is 48.5. The maximum Gasteiger partial charge on any atom is 0.187 e. The predicted molar refractivity (Wildman–Crippen MR) is 320 cm³/mol. The highest BCUT2D eigenvalue weighted by Gasteiger charge is 2.55. The van der Waals surface area contributed by atoms with Gasteiger partial charge in [0.1, 0.15) is 48.8 Å². The van der Waals surface area contributed by atoms with Crippen molar-refractivity contribution < 1.29 is 66.7 Å². The van der Waals surface area contributed by atoms with E-state index in [4.69, 9.17) is 61.6 Å². The lowest BCUT2D eigenvalue weighted by Crippen LogP contribution is -2.66. The van der Waals surface area contributed by atoms with Crippen LogP contribution in [0, 0.1) is 5.92 Å². The molecule has 0 aliphatic carbocycles. The van der Waals surface area contributed by atoms with Crippen molar-refractivity contribution in [1.29, 1.82) is 0 Å². The van der Waals surface area contributed by atoms with Gasteiger partial charge in [0.15, 0.2) is 18.9 Å². The summed E-state index contributed by atoms with van der Waals surface area (Å²) < 4.78 is 89.6. The van der Waals surface area contributed by atoms with Gasteiger partial charge < -0.3 is 66.7 Å². The third-order valence-electron chi connectivity index (χ3n) is 15.5. The van der Waals surface area contributed by atoms with Crippen molar-refractivity contribution in [1.82, 2.24) is 0 Å². The molecule has 0 amide bonds. The van der Waals surface area contributed by atoms with Crippen LogP contribution < -0.4 is 0 Å². The minimum atomic E-state index is -1.52. The van der Waals surface area contributed by atoms with Crippen LogP contribution in [-0.4, -0.2) is 111 Å². The minimum absolute atomic E-state index is 0.0880. The number of ether oxygens (including phenoxy) is 13. The molecule has 3 aliphatic rings. The Morgan fingerprint density at radius 3 is 1.15 bits per heavy atom. The molecule has 7 aromatic carbocycles. The molecule has 3 aliphatic heterocycles. The summed E-state index contributed by atoms with van der Waals surface area (Å²) in [6, 6.07) is 69.6. The van der Waals surface area contributed by atoms with Gasteiger partial charge in [-0.2, -0.15) is 0 Å². The first kappa shape index (κ1) is 61.8. The molecule has 1 N–H and O–H groups in total. The van der Waals surface area contributed by atoms with E-state index in [1.54, 1.807) is 6.08 Å². The molecule has 85 heavy (non-hydrogen) atoms. The molecular formula is C71H80O14. The van der Waals surface area contributed by atoms with Gasteiger partial charge in [0.2, 0.25) is 0 Å². The lowest BCUT2D eigenvalue weighted by atomic mass is 9.89. The first-order valence-corrected chi connectivity index (χ1v) is 29.6. The van der Waals surface area contributed by atoms with E-state index in [9.17, 15) is 5.11 Å². The quantitative estimate of drug-likeness (QED) is 0.0427. The number of benzene rings is 7. The van der Waals surface area contributed by atoms with Crippen LogP contribution in [0.3, 0.4) is 0 Å². The Hall–Kier alpha value is -6.28. The molecule has 448 valence electrons. The van der Waals surface area contributed by atoms with E-state index in [-0.39, 0.29) is 46.2 Å². The standard InChI is InChI=1S/C71H80O14/c1-4-40-75-70-64(59(48-73-41-52-26-12-5-13-27-52)62(50(2)82-70)76-43-54-30-16-7-17-31-54)84-69-61(72)66(63(51(3)81-69)77-44-55-32-18-8-19-33-55)85-71-68(80-47-58-38-24-11-25-39-58)67(79-46-57-36-22-10-23-37-57)65(78-45-56-34-20-9-21-35-56)60(83-71)49-74-42-53-28-14-6-15-29-53/h4-39,50-51,59-72H,1,40-49H2,2-3H3/t50-,51-,59+,60-,61+,62-,63-,64+,65-,66-,67+,68+,69-,70+,71-/m0/s1. The van der Waals surface area contributed by atoms with Crippen LogP contribution in [0.25, 0.3) is 0 Å². The Morgan fingerprint density at radius 2 is 0.706 bits per heavy atom. The molecule has 10 rings (SSSR count). The molecule has 7 aromatic rings. The van der Waals surface area contributed by atoms with Crippen molar-refractivity contribution in [3.05, 3.63) is 264 Å². The third kappa shape index (κ3) is 17.7. The zero-order valence-electron chi connectivity index (χ0n) is 48.5. The number of aliphatic hydroxyl groups is 1. The van der Waals surface area contributed by atoms with E-state index in [0.717, 1.165) is 38.9 Å². The van der Waals surface area contributed by atoms with Gasteiger partial charge in [-0.05, 0) is 52.8 Å². The molecule has 14 nitrogen and oxygen atoms in total. The van der Waals surface area contributed by atoms with Gasteiger partial charge in [0.25, 0.3) is 0 Å². The van der Waals surface area contributed by atoms with Crippen LogP contribution in [0.5, 0.6) is 0 Å². The van der Waals surface area contributed by atoms with Crippen LogP contribution in [0.2, 0.25) is 0 Å². The highest BCUT2D eigenvalue weighted by atomic mass is 16.8. The van der Waals surface area contributed by atoms with Crippen LogP contribution in [0.4, 0.5) is 0 Å². The second-order valence-corrected chi connectivity index (χ2v) is 21.7. The number of hydrogen-bond donors (Lipinski definition) is 1. The molecule has 0 bridgehead atoms. The summed E-state index contributed by atoms with van der Waals surface area (Å²) >= 11 is 0. The van der Waals surface area contributed by atoms with Crippen LogP contribution in [-0.2, 0) is 108 Å². The average molecular weight is 1160 g/mol. The lowest BCUT2D eigenvalue weighted by Gasteiger charge is -2.51. The largest absolute Gasteiger partial charge is 0.385 e. The lowest BCUT2D eigenvalue weighted by molar-refractivity contribution is -0.388. The van der Waals surface area contributed by atoms with Gasteiger partial charge in [-0.15, -0.1) is 6.58 Å². The normalized spacial score (nSPS) is 27.7. The van der Waals surface area contributed by atoms with Gasteiger partial charge in [-0.25, -0.2) is 0 Å². The zero-order chi connectivity index (χ0) is 58.4. The fourth-order valence-corrected chi connectivity index (χ4v) is 11.1. The van der Waals surface area contributed by atoms with Crippen molar-refractivity contribution in [2.24, 2.45) is 5.92 Å². The van der Waals surface area contributed by atoms with E-state index < -0.39 is 91.9 Å².